The van der Waals surface area contributed by atoms with Gasteiger partial charge in [-0.3, -0.25) is 4.79 Å². The number of aromatic nitrogens is 1. The largest absolute Gasteiger partial charge is 0.375 e. The SMILES string of the molecule is Nc1nc(-c2ccccc2)c(C(=O)Cl)s1. The summed E-state index contributed by atoms with van der Waals surface area (Å²) in [5, 5.41) is -0.180. The van der Waals surface area contributed by atoms with Crippen LogP contribution in [-0.2, 0) is 0 Å². The van der Waals surface area contributed by atoms with Crippen LogP contribution in [0.25, 0.3) is 11.3 Å². The van der Waals surface area contributed by atoms with Crippen molar-refractivity contribution < 1.29 is 4.79 Å². The molecule has 2 N–H and O–H groups in total. The minimum Gasteiger partial charge on any atom is -0.375 e. The zero-order valence-corrected chi connectivity index (χ0v) is 9.18. The van der Waals surface area contributed by atoms with E-state index in [4.69, 9.17) is 17.3 Å². The molecule has 0 amide bonds. The van der Waals surface area contributed by atoms with Crippen molar-refractivity contribution in [3.8, 4) is 11.3 Å². The number of thiazole rings is 1. The summed E-state index contributed by atoms with van der Waals surface area (Å²) >= 11 is 6.55. The summed E-state index contributed by atoms with van der Waals surface area (Å²) in [5.74, 6) is 0. The van der Waals surface area contributed by atoms with Crippen LogP contribution in [0.1, 0.15) is 9.67 Å². The van der Waals surface area contributed by atoms with Crippen LogP contribution in [0, 0.1) is 0 Å². The molecule has 76 valence electrons. The predicted octanol–water partition coefficient (Wildman–Crippen LogP) is 2.77. The van der Waals surface area contributed by atoms with E-state index in [1.807, 2.05) is 30.3 Å². The number of hydrogen-bond acceptors (Lipinski definition) is 4. The minimum atomic E-state index is -0.525. The smallest absolute Gasteiger partial charge is 0.264 e. The maximum Gasteiger partial charge on any atom is 0.264 e. The average molecular weight is 239 g/mol. The molecule has 2 rings (SSSR count). The van der Waals surface area contributed by atoms with Gasteiger partial charge in [-0.1, -0.05) is 41.7 Å². The lowest BCUT2D eigenvalue weighted by atomic mass is 10.1. The fourth-order valence-electron chi connectivity index (χ4n) is 1.26. The fourth-order valence-corrected chi connectivity index (χ4v) is 2.15. The molecule has 1 aromatic carbocycles. The second-order valence-electron chi connectivity index (χ2n) is 2.87. The Bertz CT molecular complexity index is 495. The number of nitrogens with two attached hydrogens (primary N) is 1. The summed E-state index contributed by atoms with van der Waals surface area (Å²) < 4.78 is 0. The molecule has 1 heterocycles. The molecule has 0 unspecified atom stereocenters. The molecule has 0 bridgehead atoms. The molecule has 0 atom stereocenters. The van der Waals surface area contributed by atoms with Crippen molar-refractivity contribution in [2.45, 2.75) is 0 Å². The number of carbonyl (C=O) groups is 1. The Hall–Kier alpha value is -1.39. The molecule has 0 aliphatic rings. The lowest BCUT2D eigenvalue weighted by Crippen LogP contribution is -1.88. The van der Waals surface area contributed by atoms with Crippen molar-refractivity contribution in [1.82, 2.24) is 4.98 Å². The highest BCUT2D eigenvalue weighted by Gasteiger charge is 2.16. The molecule has 2 aromatic rings. The van der Waals surface area contributed by atoms with Crippen molar-refractivity contribution in [3.05, 3.63) is 35.2 Å². The van der Waals surface area contributed by atoms with Gasteiger partial charge in [0.15, 0.2) is 5.13 Å². The highest BCUT2D eigenvalue weighted by molar-refractivity contribution is 7.19. The molecule has 3 nitrogen and oxygen atoms in total. The van der Waals surface area contributed by atoms with Crippen molar-refractivity contribution in [2.75, 3.05) is 5.73 Å². The molecule has 0 aliphatic heterocycles. The van der Waals surface area contributed by atoms with Crippen LogP contribution in [0.2, 0.25) is 0 Å². The number of rotatable bonds is 2. The van der Waals surface area contributed by atoms with Gasteiger partial charge in [-0.15, -0.1) is 0 Å². The molecular weight excluding hydrogens is 232 g/mol. The van der Waals surface area contributed by atoms with Gasteiger partial charge < -0.3 is 5.73 Å². The van der Waals surface area contributed by atoms with E-state index in [1.54, 1.807) is 0 Å². The third-order valence-corrected chi connectivity index (χ3v) is 3.05. The van der Waals surface area contributed by atoms with Gasteiger partial charge >= 0.3 is 0 Å². The number of hydrogen-bond donors (Lipinski definition) is 1. The molecule has 0 fully saturated rings. The fraction of sp³-hybridized carbons (Fsp3) is 0. The first-order valence-corrected chi connectivity index (χ1v) is 5.39. The Kier molecular flexibility index (Phi) is 2.70. The van der Waals surface area contributed by atoms with Gasteiger partial charge in [-0.25, -0.2) is 4.98 Å². The second kappa shape index (κ2) is 4.00. The van der Waals surface area contributed by atoms with Gasteiger partial charge in [0.1, 0.15) is 4.88 Å². The number of benzene rings is 1. The summed E-state index contributed by atoms with van der Waals surface area (Å²) in [5.41, 5.74) is 6.95. The molecule has 0 saturated heterocycles. The Morgan fingerprint density at radius 2 is 2.00 bits per heavy atom. The van der Waals surface area contributed by atoms with Gasteiger partial charge in [0, 0.05) is 5.56 Å². The van der Waals surface area contributed by atoms with Crippen LogP contribution in [0.3, 0.4) is 0 Å². The van der Waals surface area contributed by atoms with E-state index in [1.165, 1.54) is 0 Å². The van der Waals surface area contributed by atoms with Crippen molar-refractivity contribution >= 4 is 33.3 Å². The first-order chi connectivity index (χ1) is 7.18. The molecule has 0 aliphatic carbocycles. The minimum absolute atomic E-state index is 0.345. The van der Waals surface area contributed by atoms with Gasteiger partial charge in [0.2, 0.25) is 0 Å². The lowest BCUT2D eigenvalue weighted by Gasteiger charge is -1.96. The van der Waals surface area contributed by atoms with Crippen molar-refractivity contribution in [1.29, 1.82) is 0 Å². The maximum absolute atomic E-state index is 11.1. The summed E-state index contributed by atoms with van der Waals surface area (Å²) in [4.78, 5) is 15.6. The van der Waals surface area contributed by atoms with Crippen LogP contribution in [0.4, 0.5) is 5.13 Å². The van der Waals surface area contributed by atoms with Gasteiger partial charge in [-0.05, 0) is 11.6 Å². The van der Waals surface area contributed by atoms with E-state index in [2.05, 4.69) is 4.98 Å². The monoisotopic (exact) mass is 238 g/mol. The summed E-state index contributed by atoms with van der Waals surface area (Å²) in [6.07, 6.45) is 0. The van der Waals surface area contributed by atoms with Crippen LogP contribution < -0.4 is 5.73 Å². The van der Waals surface area contributed by atoms with E-state index in [0.717, 1.165) is 16.9 Å². The van der Waals surface area contributed by atoms with Crippen LogP contribution in [0.15, 0.2) is 30.3 Å². The molecule has 0 spiro atoms. The summed E-state index contributed by atoms with van der Waals surface area (Å²) in [6.45, 7) is 0. The molecule has 15 heavy (non-hydrogen) atoms. The van der Waals surface area contributed by atoms with Crippen molar-refractivity contribution in [2.24, 2.45) is 0 Å². The third-order valence-electron chi connectivity index (χ3n) is 1.87. The van der Waals surface area contributed by atoms with Crippen LogP contribution >= 0.6 is 22.9 Å². The molecule has 0 saturated carbocycles. The van der Waals surface area contributed by atoms with Crippen LogP contribution in [0.5, 0.6) is 0 Å². The quantitative estimate of drug-likeness (QED) is 0.819. The topological polar surface area (TPSA) is 56.0 Å². The summed E-state index contributed by atoms with van der Waals surface area (Å²) in [7, 11) is 0. The molecule has 5 heteroatoms. The molecule has 0 radical (unpaired) electrons. The maximum atomic E-state index is 11.1. The number of nitrogens with zero attached hydrogens (tertiary/aromatic N) is 1. The van der Waals surface area contributed by atoms with E-state index in [9.17, 15) is 4.79 Å². The third kappa shape index (κ3) is 2.00. The normalized spacial score (nSPS) is 10.2. The van der Waals surface area contributed by atoms with E-state index >= 15 is 0 Å². The van der Waals surface area contributed by atoms with Gasteiger partial charge in [0.25, 0.3) is 5.24 Å². The Labute approximate surface area is 95.5 Å². The predicted molar refractivity (Wildman–Crippen MR) is 62.1 cm³/mol. The molecular formula is C10H7ClN2OS. The number of anilines is 1. The zero-order valence-electron chi connectivity index (χ0n) is 7.61. The number of nitrogen functional groups attached to an aromatic ring is 1. The lowest BCUT2D eigenvalue weighted by molar-refractivity contribution is 0.108. The Morgan fingerprint density at radius 3 is 2.60 bits per heavy atom. The van der Waals surface area contributed by atoms with E-state index < -0.39 is 5.24 Å². The highest BCUT2D eigenvalue weighted by Crippen LogP contribution is 2.30. The number of carbonyl (C=O) groups excluding carboxylic acids is 1. The van der Waals surface area contributed by atoms with Gasteiger partial charge in [-0.2, -0.15) is 0 Å². The Morgan fingerprint density at radius 1 is 1.33 bits per heavy atom. The molecule has 1 aromatic heterocycles. The first-order valence-electron chi connectivity index (χ1n) is 4.20. The van der Waals surface area contributed by atoms with E-state index in [0.29, 0.717) is 15.7 Å². The van der Waals surface area contributed by atoms with Crippen molar-refractivity contribution in [3.63, 3.8) is 0 Å². The standard InChI is InChI=1S/C10H7ClN2OS/c11-9(14)8-7(13-10(12)15-8)6-4-2-1-3-5-6/h1-5H,(H2,12,13). The second-order valence-corrected chi connectivity index (χ2v) is 4.24. The first kappa shape index (κ1) is 10.1. The van der Waals surface area contributed by atoms with Crippen LogP contribution in [-0.4, -0.2) is 10.2 Å². The number of halogens is 1. The van der Waals surface area contributed by atoms with Gasteiger partial charge in [0.05, 0.1) is 5.69 Å². The summed E-state index contributed by atoms with van der Waals surface area (Å²) in [6, 6.07) is 9.35. The Balaban J connectivity index is 2.58. The zero-order chi connectivity index (χ0) is 10.8. The van der Waals surface area contributed by atoms with E-state index in [-0.39, 0.29) is 0 Å². The highest BCUT2D eigenvalue weighted by atomic mass is 35.5. The average Bonchev–Trinajstić information content (AvgIpc) is 2.62.